The molecule has 0 radical (unpaired) electrons. The predicted molar refractivity (Wildman–Crippen MR) is 64.3 cm³/mol. The van der Waals surface area contributed by atoms with Crippen molar-refractivity contribution < 1.29 is 9.53 Å². The summed E-state index contributed by atoms with van der Waals surface area (Å²) in [6.45, 7) is 9.27. The lowest BCUT2D eigenvalue weighted by molar-refractivity contribution is -0.124. The maximum Gasteiger partial charge on any atom is 0.220 e. The van der Waals surface area contributed by atoms with Crippen LogP contribution in [0.15, 0.2) is 0 Å². The Bertz CT molecular complexity index is 223. The Morgan fingerprint density at radius 1 is 1.56 bits per heavy atom. The van der Waals surface area contributed by atoms with Gasteiger partial charge in [0.25, 0.3) is 0 Å². The highest BCUT2D eigenvalue weighted by molar-refractivity contribution is 5.76. The van der Waals surface area contributed by atoms with Crippen LogP contribution in [0.25, 0.3) is 0 Å². The first-order valence-electron chi connectivity index (χ1n) is 6.19. The lowest BCUT2D eigenvalue weighted by Gasteiger charge is -2.37. The van der Waals surface area contributed by atoms with Crippen LogP contribution in [0.5, 0.6) is 0 Å². The van der Waals surface area contributed by atoms with Crippen LogP contribution in [0, 0.1) is 5.92 Å². The minimum Gasteiger partial charge on any atom is -0.371 e. The van der Waals surface area contributed by atoms with E-state index in [4.69, 9.17) is 4.74 Å². The fourth-order valence-electron chi connectivity index (χ4n) is 1.88. The van der Waals surface area contributed by atoms with Crippen LogP contribution in [0.3, 0.4) is 0 Å². The summed E-state index contributed by atoms with van der Waals surface area (Å²) in [4.78, 5) is 11.6. The monoisotopic (exact) mass is 228 g/mol. The second-order valence-corrected chi connectivity index (χ2v) is 4.94. The van der Waals surface area contributed by atoms with Gasteiger partial charge in [0.05, 0.1) is 12.2 Å². The third kappa shape index (κ3) is 4.10. The molecule has 4 heteroatoms. The lowest BCUT2D eigenvalue weighted by Crippen LogP contribution is -2.55. The van der Waals surface area contributed by atoms with E-state index in [0.717, 1.165) is 26.1 Å². The highest BCUT2D eigenvalue weighted by atomic mass is 16.5. The molecule has 2 N–H and O–H groups in total. The molecule has 1 aliphatic rings. The molecule has 1 saturated heterocycles. The van der Waals surface area contributed by atoms with E-state index in [1.807, 2.05) is 13.8 Å². The molecule has 1 aliphatic heterocycles. The second-order valence-electron chi connectivity index (χ2n) is 4.94. The minimum absolute atomic E-state index is 0.122. The van der Waals surface area contributed by atoms with Crippen LogP contribution >= 0.6 is 0 Å². The standard InChI is InChI=1S/C12H24N2O2/c1-4-12(8-13-5-6-16-12)9-14-11(15)7-10(2)3/h10,13H,4-9H2,1-3H3,(H,14,15). The second kappa shape index (κ2) is 6.21. The van der Waals surface area contributed by atoms with Crippen LogP contribution in [0.1, 0.15) is 33.6 Å². The molecule has 1 fully saturated rings. The Morgan fingerprint density at radius 3 is 2.81 bits per heavy atom. The molecule has 1 atom stereocenters. The van der Waals surface area contributed by atoms with Gasteiger partial charge in [0, 0.05) is 26.1 Å². The van der Waals surface area contributed by atoms with Gasteiger partial charge in [0.2, 0.25) is 5.91 Å². The quantitative estimate of drug-likeness (QED) is 0.735. The molecule has 94 valence electrons. The number of morpholine rings is 1. The molecule has 1 rings (SSSR count). The van der Waals surface area contributed by atoms with Crippen LogP contribution in [0.4, 0.5) is 0 Å². The molecule has 0 spiro atoms. The van der Waals surface area contributed by atoms with Crippen molar-refractivity contribution in [3.63, 3.8) is 0 Å². The summed E-state index contributed by atoms with van der Waals surface area (Å²) < 4.78 is 5.79. The van der Waals surface area contributed by atoms with Gasteiger partial charge in [-0.15, -0.1) is 0 Å². The number of nitrogens with one attached hydrogen (secondary N) is 2. The van der Waals surface area contributed by atoms with Crippen molar-refractivity contribution in [2.24, 2.45) is 5.92 Å². The van der Waals surface area contributed by atoms with Gasteiger partial charge in [-0.1, -0.05) is 20.8 Å². The third-order valence-corrected chi connectivity index (χ3v) is 2.98. The van der Waals surface area contributed by atoms with E-state index >= 15 is 0 Å². The molecule has 4 nitrogen and oxygen atoms in total. The van der Waals surface area contributed by atoms with Gasteiger partial charge in [-0.3, -0.25) is 4.79 Å². The molecule has 16 heavy (non-hydrogen) atoms. The van der Waals surface area contributed by atoms with Gasteiger partial charge < -0.3 is 15.4 Å². The lowest BCUT2D eigenvalue weighted by atomic mass is 9.98. The van der Waals surface area contributed by atoms with Gasteiger partial charge in [-0.05, 0) is 12.3 Å². The van der Waals surface area contributed by atoms with Crippen molar-refractivity contribution in [3.05, 3.63) is 0 Å². The van der Waals surface area contributed by atoms with Gasteiger partial charge >= 0.3 is 0 Å². The first kappa shape index (κ1) is 13.5. The number of ether oxygens (including phenoxy) is 1. The summed E-state index contributed by atoms with van der Waals surface area (Å²) in [5.74, 6) is 0.528. The average molecular weight is 228 g/mol. The number of hydrogen-bond donors (Lipinski definition) is 2. The highest BCUT2D eigenvalue weighted by Gasteiger charge is 2.31. The highest BCUT2D eigenvalue weighted by Crippen LogP contribution is 2.16. The Morgan fingerprint density at radius 2 is 2.31 bits per heavy atom. The number of carbonyl (C=O) groups is 1. The van der Waals surface area contributed by atoms with Crippen molar-refractivity contribution in [3.8, 4) is 0 Å². The number of carbonyl (C=O) groups excluding carboxylic acids is 1. The van der Waals surface area contributed by atoms with E-state index in [0.29, 0.717) is 18.9 Å². The summed E-state index contributed by atoms with van der Waals surface area (Å²) in [6.07, 6.45) is 1.51. The molecule has 0 aromatic heterocycles. The molecule has 0 aliphatic carbocycles. The zero-order chi connectivity index (χ0) is 12.0. The average Bonchev–Trinajstić information content (AvgIpc) is 2.27. The Labute approximate surface area is 98.1 Å². The largest absolute Gasteiger partial charge is 0.371 e. The van der Waals surface area contributed by atoms with Crippen LogP contribution in [0.2, 0.25) is 0 Å². The topological polar surface area (TPSA) is 50.4 Å². The Balaban J connectivity index is 2.35. The maximum atomic E-state index is 11.6. The molecule has 0 aromatic rings. The van der Waals surface area contributed by atoms with E-state index in [-0.39, 0.29) is 11.5 Å². The summed E-state index contributed by atoms with van der Waals surface area (Å²) in [5.41, 5.74) is -0.203. The van der Waals surface area contributed by atoms with Crippen LogP contribution < -0.4 is 10.6 Å². The zero-order valence-corrected chi connectivity index (χ0v) is 10.6. The van der Waals surface area contributed by atoms with Crippen LogP contribution in [-0.2, 0) is 9.53 Å². The van der Waals surface area contributed by atoms with Crippen molar-refractivity contribution in [1.82, 2.24) is 10.6 Å². The van der Waals surface area contributed by atoms with E-state index in [1.54, 1.807) is 0 Å². The first-order valence-corrected chi connectivity index (χ1v) is 6.19. The number of amides is 1. The first-order chi connectivity index (χ1) is 7.58. The van der Waals surface area contributed by atoms with E-state index in [9.17, 15) is 4.79 Å². The summed E-state index contributed by atoms with van der Waals surface area (Å²) in [7, 11) is 0. The zero-order valence-electron chi connectivity index (χ0n) is 10.6. The molecule has 0 aromatic carbocycles. The van der Waals surface area contributed by atoms with Crippen molar-refractivity contribution in [2.45, 2.75) is 39.2 Å². The minimum atomic E-state index is -0.203. The SMILES string of the molecule is CCC1(CNC(=O)CC(C)C)CNCCO1. The fourth-order valence-corrected chi connectivity index (χ4v) is 1.88. The van der Waals surface area contributed by atoms with Gasteiger partial charge in [0.1, 0.15) is 0 Å². The summed E-state index contributed by atoms with van der Waals surface area (Å²) >= 11 is 0. The predicted octanol–water partition coefficient (Wildman–Crippen LogP) is 0.917. The van der Waals surface area contributed by atoms with Crippen LogP contribution in [-0.4, -0.2) is 37.7 Å². The Kier molecular flexibility index (Phi) is 5.22. The number of hydrogen-bond acceptors (Lipinski definition) is 3. The molecule has 1 unspecified atom stereocenters. The van der Waals surface area contributed by atoms with Gasteiger partial charge in [0.15, 0.2) is 0 Å². The summed E-state index contributed by atoms with van der Waals surface area (Å²) in [6, 6.07) is 0. The molecule has 0 saturated carbocycles. The third-order valence-electron chi connectivity index (χ3n) is 2.98. The van der Waals surface area contributed by atoms with Gasteiger partial charge in [-0.2, -0.15) is 0 Å². The fraction of sp³-hybridized carbons (Fsp3) is 0.917. The van der Waals surface area contributed by atoms with E-state index in [1.165, 1.54) is 0 Å². The molecular formula is C12H24N2O2. The molecule has 0 bridgehead atoms. The van der Waals surface area contributed by atoms with Gasteiger partial charge in [-0.25, -0.2) is 0 Å². The molecular weight excluding hydrogens is 204 g/mol. The number of rotatable bonds is 5. The van der Waals surface area contributed by atoms with Crippen molar-refractivity contribution >= 4 is 5.91 Å². The molecule has 1 amide bonds. The molecule has 1 heterocycles. The maximum absolute atomic E-state index is 11.6. The Hall–Kier alpha value is -0.610. The van der Waals surface area contributed by atoms with E-state index < -0.39 is 0 Å². The van der Waals surface area contributed by atoms with Crippen molar-refractivity contribution in [2.75, 3.05) is 26.2 Å². The van der Waals surface area contributed by atoms with E-state index in [2.05, 4.69) is 17.6 Å². The normalized spacial score (nSPS) is 25.8. The van der Waals surface area contributed by atoms with Crippen molar-refractivity contribution in [1.29, 1.82) is 0 Å². The smallest absolute Gasteiger partial charge is 0.220 e. The summed E-state index contributed by atoms with van der Waals surface area (Å²) in [5, 5.41) is 6.29.